The van der Waals surface area contributed by atoms with Gasteiger partial charge in [-0.3, -0.25) is 0 Å². The zero-order valence-corrected chi connectivity index (χ0v) is 12.9. The molecular formula is C14H21FN2O2S. The molecule has 0 spiro atoms. The van der Waals surface area contributed by atoms with Gasteiger partial charge in [-0.05, 0) is 50.4 Å². The quantitative estimate of drug-likeness (QED) is 0.874. The van der Waals surface area contributed by atoms with Gasteiger partial charge in [0, 0.05) is 19.6 Å². The molecule has 1 aromatic carbocycles. The van der Waals surface area contributed by atoms with E-state index in [0.717, 1.165) is 18.4 Å². The Morgan fingerprint density at radius 1 is 1.45 bits per heavy atom. The minimum absolute atomic E-state index is 0.0904. The van der Waals surface area contributed by atoms with Crippen LogP contribution >= 0.6 is 0 Å². The molecule has 112 valence electrons. The van der Waals surface area contributed by atoms with Crippen molar-refractivity contribution in [1.29, 1.82) is 0 Å². The van der Waals surface area contributed by atoms with Crippen LogP contribution < -0.4 is 5.32 Å². The van der Waals surface area contributed by atoms with Crippen molar-refractivity contribution < 1.29 is 12.8 Å². The third-order valence-electron chi connectivity index (χ3n) is 3.91. The number of halogens is 1. The maximum absolute atomic E-state index is 13.9. The Morgan fingerprint density at radius 3 is 2.65 bits per heavy atom. The summed E-state index contributed by atoms with van der Waals surface area (Å²) in [6, 6.07) is 4.13. The first kappa shape index (κ1) is 15.4. The molecule has 1 atom stereocenters. The molecule has 0 amide bonds. The highest BCUT2D eigenvalue weighted by molar-refractivity contribution is 7.89. The Morgan fingerprint density at radius 2 is 2.10 bits per heavy atom. The summed E-state index contributed by atoms with van der Waals surface area (Å²) in [4.78, 5) is -0.236. The fourth-order valence-corrected chi connectivity index (χ4v) is 3.84. The minimum Gasteiger partial charge on any atom is -0.316 e. The molecule has 1 saturated carbocycles. The summed E-state index contributed by atoms with van der Waals surface area (Å²) >= 11 is 0. The van der Waals surface area contributed by atoms with Crippen LogP contribution in [0, 0.1) is 11.7 Å². The van der Waals surface area contributed by atoms with Crippen molar-refractivity contribution in [3.05, 3.63) is 29.6 Å². The summed E-state index contributed by atoms with van der Waals surface area (Å²) < 4.78 is 40.3. The van der Waals surface area contributed by atoms with Crippen LogP contribution in [0.4, 0.5) is 4.39 Å². The van der Waals surface area contributed by atoms with E-state index in [9.17, 15) is 12.8 Å². The van der Waals surface area contributed by atoms with Gasteiger partial charge < -0.3 is 5.32 Å². The van der Waals surface area contributed by atoms with Crippen LogP contribution in [0.1, 0.15) is 25.3 Å². The van der Waals surface area contributed by atoms with E-state index in [1.807, 2.05) is 6.92 Å². The van der Waals surface area contributed by atoms with Gasteiger partial charge in [-0.15, -0.1) is 0 Å². The molecule has 1 aromatic rings. The van der Waals surface area contributed by atoms with E-state index in [0.29, 0.717) is 12.5 Å². The smallest absolute Gasteiger partial charge is 0.245 e. The van der Waals surface area contributed by atoms with E-state index in [2.05, 4.69) is 5.32 Å². The molecule has 0 saturated heterocycles. The predicted octanol–water partition coefficient (Wildman–Crippen LogP) is 1.96. The normalized spacial score (nSPS) is 17.4. The summed E-state index contributed by atoms with van der Waals surface area (Å²) in [5.41, 5.74) is 0.750. The summed E-state index contributed by atoms with van der Waals surface area (Å²) in [5.74, 6) is -0.293. The van der Waals surface area contributed by atoms with Crippen molar-refractivity contribution in [2.75, 3.05) is 14.1 Å². The van der Waals surface area contributed by atoms with E-state index in [1.54, 1.807) is 13.1 Å². The molecule has 4 nitrogen and oxygen atoms in total. The number of sulfonamides is 1. The van der Waals surface area contributed by atoms with Gasteiger partial charge in [0.05, 0.1) is 0 Å². The van der Waals surface area contributed by atoms with Crippen LogP contribution in [0.15, 0.2) is 23.1 Å². The van der Waals surface area contributed by atoms with Gasteiger partial charge in [0.25, 0.3) is 0 Å². The molecule has 0 heterocycles. The van der Waals surface area contributed by atoms with Crippen LogP contribution in [-0.4, -0.2) is 32.9 Å². The molecule has 1 aliphatic rings. The first-order valence-electron chi connectivity index (χ1n) is 6.79. The standard InChI is InChI=1S/C14H21FN2O2S/c1-10(12-5-6-12)17(3)20(18,19)14-8-11(9-16-2)4-7-13(14)15/h4,7-8,10,12,16H,5-6,9H2,1-3H3. The molecular weight excluding hydrogens is 279 g/mol. The van der Waals surface area contributed by atoms with Crippen molar-refractivity contribution in [2.45, 2.75) is 37.2 Å². The lowest BCUT2D eigenvalue weighted by atomic mass is 10.2. The van der Waals surface area contributed by atoms with Crippen LogP contribution in [0.2, 0.25) is 0 Å². The molecule has 1 unspecified atom stereocenters. The molecule has 0 radical (unpaired) electrons. The van der Waals surface area contributed by atoms with Gasteiger partial charge in [-0.1, -0.05) is 6.07 Å². The highest BCUT2D eigenvalue weighted by atomic mass is 32.2. The SMILES string of the molecule is CNCc1ccc(F)c(S(=O)(=O)N(C)C(C)C2CC2)c1. The maximum atomic E-state index is 13.9. The Hall–Kier alpha value is -0.980. The third kappa shape index (κ3) is 3.02. The van der Waals surface area contributed by atoms with E-state index < -0.39 is 15.8 Å². The van der Waals surface area contributed by atoms with E-state index in [1.165, 1.54) is 23.5 Å². The van der Waals surface area contributed by atoms with Gasteiger partial charge in [0.1, 0.15) is 10.7 Å². The van der Waals surface area contributed by atoms with Crippen molar-refractivity contribution >= 4 is 10.0 Å². The summed E-state index contributed by atoms with van der Waals surface area (Å²) in [7, 11) is -0.491. The largest absolute Gasteiger partial charge is 0.316 e. The fourth-order valence-electron chi connectivity index (χ4n) is 2.31. The van der Waals surface area contributed by atoms with E-state index in [-0.39, 0.29) is 10.9 Å². The molecule has 0 aliphatic heterocycles. The topological polar surface area (TPSA) is 49.4 Å². The Kier molecular flexibility index (Phi) is 4.46. The third-order valence-corrected chi connectivity index (χ3v) is 5.87. The second kappa shape index (κ2) is 5.79. The lowest BCUT2D eigenvalue weighted by Crippen LogP contribution is -2.36. The molecule has 2 rings (SSSR count). The van der Waals surface area contributed by atoms with Gasteiger partial charge in [-0.25, -0.2) is 12.8 Å². The minimum atomic E-state index is -3.78. The second-order valence-corrected chi connectivity index (χ2v) is 7.36. The van der Waals surface area contributed by atoms with Gasteiger partial charge in [0.2, 0.25) is 10.0 Å². The van der Waals surface area contributed by atoms with Crippen molar-refractivity contribution in [1.82, 2.24) is 9.62 Å². The first-order chi connectivity index (χ1) is 9.37. The molecule has 0 aromatic heterocycles. The molecule has 0 bridgehead atoms. The highest BCUT2D eigenvalue weighted by Crippen LogP contribution is 2.36. The number of rotatable bonds is 6. The van der Waals surface area contributed by atoms with Crippen LogP contribution in [-0.2, 0) is 16.6 Å². The molecule has 6 heteroatoms. The number of nitrogens with zero attached hydrogens (tertiary/aromatic N) is 1. The highest BCUT2D eigenvalue weighted by Gasteiger charge is 2.37. The van der Waals surface area contributed by atoms with Crippen molar-refractivity contribution in [2.24, 2.45) is 5.92 Å². The monoisotopic (exact) mass is 300 g/mol. The van der Waals surface area contributed by atoms with E-state index in [4.69, 9.17) is 0 Å². The number of nitrogens with one attached hydrogen (secondary N) is 1. The Balaban J connectivity index is 2.34. The van der Waals surface area contributed by atoms with Crippen LogP contribution in [0.5, 0.6) is 0 Å². The first-order valence-corrected chi connectivity index (χ1v) is 8.23. The number of hydrogen-bond donors (Lipinski definition) is 1. The maximum Gasteiger partial charge on any atom is 0.245 e. The summed E-state index contributed by atoms with van der Waals surface area (Å²) in [5, 5.41) is 2.93. The second-order valence-electron chi connectivity index (χ2n) is 5.39. The average Bonchev–Trinajstić information content (AvgIpc) is 3.23. The van der Waals surface area contributed by atoms with Crippen molar-refractivity contribution in [3.63, 3.8) is 0 Å². The predicted molar refractivity (Wildman–Crippen MR) is 76.3 cm³/mol. The lowest BCUT2D eigenvalue weighted by Gasteiger charge is -2.24. The molecule has 20 heavy (non-hydrogen) atoms. The molecule has 1 aliphatic carbocycles. The van der Waals surface area contributed by atoms with Crippen molar-refractivity contribution in [3.8, 4) is 0 Å². The molecule has 1 fully saturated rings. The summed E-state index contributed by atoms with van der Waals surface area (Å²) in [6.45, 7) is 2.38. The van der Waals surface area contributed by atoms with Crippen LogP contribution in [0.25, 0.3) is 0 Å². The fraction of sp³-hybridized carbons (Fsp3) is 0.571. The zero-order valence-electron chi connectivity index (χ0n) is 12.1. The Bertz CT molecular complexity index is 585. The zero-order chi connectivity index (χ0) is 14.9. The van der Waals surface area contributed by atoms with Gasteiger partial charge in [-0.2, -0.15) is 4.31 Å². The van der Waals surface area contributed by atoms with Crippen LogP contribution in [0.3, 0.4) is 0 Å². The Labute approximate surface area is 120 Å². The number of hydrogen-bond acceptors (Lipinski definition) is 3. The van der Waals surface area contributed by atoms with E-state index >= 15 is 0 Å². The number of benzene rings is 1. The lowest BCUT2D eigenvalue weighted by molar-refractivity contribution is 0.355. The average molecular weight is 300 g/mol. The van der Waals surface area contributed by atoms with Gasteiger partial charge >= 0.3 is 0 Å². The molecule has 1 N–H and O–H groups in total. The van der Waals surface area contributed by atoms with Gasteiger partial charge in [0.15, 0.2) is 0 Å². The summed E-state index contributed by atoms with van der Waals surface area (Å²) in [6.07, 6.45) is 2.09.